The van der Waals surface area contributed by atoms with Crippen molar-refractivity contribution in [1.29, 1.82) is 5.26 Å². The number of nitrogens with zero attached hydrogens (tertiary/aromatic N) is 3. The van der Waals surface area contributed by atoms with Gasteiger partial charge in [0.1, 0.15) is 11.8 Å². The Kier molecular flexibility index (Phi) is 4.82. The molecule has 2 aromatic rings. The molecule has 23 heavy (non-hydrogen) atoms. The number of ketones is 1. The van der Waals surface area contributed by atoms with Crippen molar-refractivity contribution in [3.05, 3.63) is 46.8 Å². The minimum atomic E-state index is -0.619. The van der Waals surface area contributed by atoms with Crippen LogP contribution >= 0.6 is 11.6 Å². The van der Waals surface area contributed by atoms with E-state index in [4.69, 9.17) is 21.4 Å². The number of para-hydroxylation sites is 1. The average molecular weight is 331 g/mol. The van der Waals surface area contributed by atoms with Gasteiger partial charge in [-0.15, -0.1) is 0 Å². The second-order valence-electron chi connectivity index (χ2n) is 5.82. The summed E-state index contributed by atoms with van der Waals surface area (Å²) in [6.07, 6.45) is 0. The van der Waals surface area contributed by atoms with Crippen LogP contribution in [0, 0.1) is 11.3 Å². The molecule has 1 aromatic carbocycles. The molecule has 0 aliphatic carbocycles. The Balaban J connectivity index is 2.22. The van der Waals surface area contributed by atoms with Gasteiger partial charge in [-0.3, -0.25) is 10.2 Å². The van der Waals surface area contributed by atoms with Gasteiger partial charge in [0.25, 0.3) is 0 Å². The first-order valence-electron chi connectivity index (χ1n) is 6.83. The van der Waals surface area contributed by atoms with Gasteiger partial charge in [0.05, 0.1) is 10.7 Å². The van der Waals surface area contributed by atoms with E-state index in [1.165, 1.54) is 6.07 Å². The highest BCUT2D eigenvalue weighted by Gasteiger charge is 2.24. The van der Waals surface area contributed by atoms with Crippen molar-refractivity contribution in [2.24, 2.45) is 5.10 Å². The normalized spacial score (nSPS) is 11.9. The number of anilines is 1. The molecule has 0 unspecified atom stereocenters. The summed E-state index contributed by atoms with van der Waals surface area (Å²) in [6.45, 7) is 5.79. The van der Waals surface area contributed by atoms with E-state index in [0.29, 0.717) is 16.5 Å². The van der Waals surface area contributed by atoms with Crippen molar-refractivity contribution in [1.82, 2.24) is 5.16 Å². The number of hydrazone groups is 1. The van der Waals surface area contributed by atoms with Gasteiger partial charge in [-0.05, 0) is 12.1 Å². The molecular formula is C16H15ClN4O2. The summed E-state index contributed by atoms with van der Waals surface area (Å²) in [5.41, 5.74) is 2.51. The summed E-state index contributed by atoms with van der Waals surface area (Å²) in [5.74, 6) is -0.0662. The van der Waals surface area contributed by atoms with Crippen LogP contribution in [0.2, 0.25) is 5.02 Å². The maximum Gasteiger partial charge on any atom is 0.245 e. The molecule has 6 nitrogen and oxygen atoms in total. The van der Waals surface area contributed by atoms with Gasteiger partial charge in [-0.1, -0.05) is 49.7 Å². The van der Waals surface area contributed by atoms with E-state index in [1.807, 2.05) is 20.8 Å². The SMILES string of the molecule is CC(C)(C)c1cc(C(=O)C(C#N)=NNc2ccccc2Cl)no1. The van der Waals surface area contributed by atoms with Crippen molar-refractivity contribution in [2.45, 2.75) is 26.2 Å². The molecule has 0 amide bonds. The zero-order valence-electron chi connectivity index (χ0n) is 12.9. The number of carbonyl (C=O) groups excluding carboxylic acids is 1. The molecule has 0 spiro atoms. The molecular weight excluding hydrogens is 316 g/mol. The number of rotatable bonds is 4. The fourth-order valence-electron chi connectivity index (χ4n) is 1.65. The molecule has 0 atom stereocenters. The van der Waals surface area contributed by atoms with Gasteiger partial charge >= 0.3 is 0 Å². The van der Waals surface area contributed by atoms with Crippen molar-refractivity contribution in [3.63, 3.8) is 0 Å². The second-order valence-corrected chi connectivity index (χ2v) is 6.23. The van der Waals surface area contributed by atoms with E-state index < -0.39 is 5.78 Å². The predicted octanol–water partition coefficient (Wildman–Crippen LogP) is 3.80. The second kappa shape index (κ2) is 6.63. The maximum atomic E-state index is 12.3. The molecule has 7 heteroatoms. The lowest BCUT2D eigenvalue weighted by atomic mass is 9.93. The third-order valence-electron chi connectivity index (χ3n) is 2.96. The van der Waals surface area contributed by atoms with Crippen LogP contribution in [0.4, 0.5) is 5.69 Å². The van der Waals surface area contributed by atoms with E-state index in [9.17, 15) is 4.79 Å². The third-order valence-corrected chi connectivity index (χ3v) is 3.29. The van der Waals surface area contributed by atoms with Crippen molar-refractivity contribution < 1.29 is 9.32 Å². The topological polar surface area (TPSA) is 91.3 Å². The number of hydrogen-bond donors (Lipinski definition) is 1. The van der Waals surface area contributed by atoms with E-state index in [-0.39, 0.29) is 16.8 Å². The van der Waals surface area contributed by atoms with Gasteiger partial charge in [-0.25, -0.2) is 0 Å². The van der Waals surface area contributed by atoms with Gasteiger partial charge < -0.3 is 4.52 Å². The Hall–Kier alpha value is -2.65. The number of nitriles is 1. The summed E-state index contributed by atoms with van der Waals surface area (Å²) < 4.78 is 5.15. The van der Waals surface area contributed by atoms with Gasteiger partial charge in [-0.2, -0.15) is 10.4 Å². The number of aromatic nitrogens is 1. The number of halogens is 1. The van der Waals surface area contributed by atoms with Crippen LogP contribution in [0.15, 0.2) is 40.0 Å². The summed E-state index contributed by atoms with van der Waals surface area (Å²) in [6, 6.07) is 10.1. The first-order chi connectivity index (χ1) is 10.8. The molecule has 1 N–H and O–H groups in total. The average Bonchev–Trinajstić information content (AvgIpc) is 2.99. The van der Waals surface area contributed by atoms with Crippen LogP contribution in [-0.4, -0.2) is 16.7 Å². The molecule has 0 aliphatic heterocycles. The Morgan fingerprint density at radius 1 is 1.39 bits per heavy atom. The zero-order valence-corrected chi connectivity index (χ0v) is 13.7. The first kappa shape index (κ1) is 16.7. The molecule has 0 saturated carbocycles. The van der Waals surface area contributed by atoms with Gasteiger partial charge in [0.15, 0.2) is 5.69 Å². The maximum absolute atomic E-state index is 12.3. The highest BCUT2D eigenvalue weighted by atomic mass is 35.5. The smallest absolute Gasteiger partial charge is 0.245 e. The first-order valence-corrected chi connectivity index (χ1v) is 7.21. The summed E-state index contributed by atoms with van der Waals surface area (Å²) in [4.78, 5) is 12.3. The highest BCUT2D eigenvalue weighted by Crippen LogP contribution is 2.23. The molecule has 0 fully saturated rings. The summed E-state index contributed by atoms with van der Waals surface area (Å²) >= 11 is 5.97. The van der Waals surface area contributed by atoms with Crippen LogP contribution in [0.5, 0.6) is 0 Å². The van der Waals surface area contributed by atoms with Crippen LogP contribution in [0.1, 0.15) is 37.0 Å². The molecule has 0 radical (unpaired) electrons. The lowest BCUT2D eigenvalue weighted by Crippen LogP contribution is -2.15. The van der Waals surface area contributed by atoms with E-state index in [0.717, 1.165) is 0 Å². The summed E-state index contributed by atoms with van der Waals surface area (Å²) in [7, 11) is 0. The number of nitrogens with one attached hydrogen (secondary N) is 1. The highest BCUT2D eigenvalue weighted by molar-refractivity contribution is 6.51. The molecule has 1 aromatic heterocycles. The fraction of sp³-hybridized carbons (Fsp3) is 0.250. The number of Topliss-reactive ketones (excluding diaryl/α,β-unsaturated/α-hetero) is 1. The Morgan fingerprint density at radius 3 is 2.65 bits per heavy atom. The molecule has 0 saturated heterocycles. The van der Waals surface area contributed by atoms with Crippen LogP contribution in [0.3, 0.4) is 0 Å². The fourth-order valence-corrected chi connectivity index (χ4v) is 1.83. The zero-order chi connectivity index (χ0) is 17.0. The predicted molar refractivity (Wildman–Crippen MR) is 87.7 cm³/mol. The molecule has 0 bridgehead atoms. The van der Waals surface area contributed by atoms with E-state index in [2.05, 4.69) is 15.7 Å². The van der Waals surface area contributed by atoms with Crippen molar-refractivity contribution in [2.75, 3.05) is 5.43 Å². The molecule has 0 aliphatic rings. The number of benzene rings is 1. The number of hydrogen-bond acceptors (Lipinski definition) is 6. The third kappa shape index (κ3) is 3.96. The monoisotopic (exact) mass is 330 g/mol. The van der Waals surface area contributed by atoms with Crippen LogP contribution in [-0.2, 0) is 5.41 Å². The van der Waals surface area contributed by atoms with Gasteiger partial charge in [0.2, 0.25) is 11.5 Å². The Labute approximate surface area is 138 Å². The quantitative estimate of drug-likeness (QED) is 0.523. The van der Waals surface area contributed by atoms with E-state index in [1.54, 1.807) is 30.3 Å². The lowest BCUT2D eigenvalue weighted by molar-refractivity contribution is 0.105. The number of carbonyl (C=O) groups is 1. The Morgan fingerprint density at radius 2 is 2.09 bits per heavy atom. The minimum absolute atomic E-state index is 0.0381. The van der Waals surface area contributed by atoms with Crippen molar-refractivity contribution in [3.8, 4) is 6.07 Å². The van der Waals surface area contributed by atoms with E-state index >= 15 is 0 Å². The molecule has 118 valence electrons. The van der Waals surface area contributed by atoms with Crippen molar-refractivity contribution >= 4 is 28.8 Å². The van der Waals surface area contributed by atoms with Crippen LogP contribution in [0.25, 0.3) is 0 Å². The largest absolute Gasteiger partial charge is 0.360 e. The Bertz CT molecular complexity index is 797. The van der Waals surface area contributed by atoms with Gasteiger partial charge in [0, 0.05) is 11.5 Å². The molecule has 2 rings (SSSR count). The van der Waals surface area contributed by atoms with Crippen LogP contribution < -0.4 is 5.43 Å². The lowest BCUT2D eigenvalue weighted by Gasteiger charge is -2.11. The molecule has 1 heterocycles. The summed E-state index contributed by atoms with van der Waals surface area (Å²) in [5, 5.41) is 17.1. The minimum Gasteiger partial charge on any atom is -0.360 e. The standard InChI is InChI=1S/C16H15ClN4O2/c1-16(2,3)14-8-12(21-23-14)15(22)13(9-18)20-19-11-7-5-4-6-10(11)17/h4-8,19H,1-3H3.